The summed E-state index contributed by atoms with van der Waals surface area (Å²) in [6.07, 6.45) is 3.56. The molecule has 0 aliphatic heterocycles. The minimum absolute atomic E-state index is 0.199. The molecule has 0 saturated heterocycles. The van der Waals surface area contributed by atoms with E-state index in [1.165, 1.54) is 7.11 Å². The van der Waals surface area contributed by atoms with Gasteiger partial charge in [0.25, 0.3) is 0 Å². The summed E-state index contributed by atoms with van der Waals surface area (Å²) >= 11 is 0. The molecule has 15 heavy (non-hydrogen) atoms. The highest BCUT2D eigenvalue weighted by Gasteiger charge is 2.18. The third-order valence-electron chi connectivity index (χ3n) is 2.20. The zero-order chi connectivity index (χ0) is 11.4. The molecule has 1 aromatic rings. The zero-order valence-corrected chi connectivity index (χ0v) is 9.60. The number of hydrogen-bond acceptors (Lipinski definition) is 4. The minimum atomic E-state index is -0.258. The fourth-order valence-corrected chi connectivity index (χ4v) is 1.32. The summed E-state index contributed by atoms with van der Waals surface area (Å²) in [5.41, 5.74) is 0. The molecule has 0 bridgehead atoms. The summed E-state index contributed by atoms with van der Waals surface area (Å²) in [5.74, 6) is 0.516. The maximum atomic E-state index is 11.2. The van der Waals surface area contributed by atoms with Crippen LogP contribution in [0.2, 0.25) is 0 Å². The van der Waals surface area contributed by atoms with Gasteiger partial charge in [-0.2, -0.15) is 0 Å². The first-order chi connectivity index (χ1) is 7.06. The Balaban J connectivity index is 2.84. The van der Waals surface area contributed by atoms with E-state index < -0.39 is 0 Å². The maximum Gasteiger partial charge on any atom is 0.325 e. The van der Waals surface area contributed by atoms with Gasteiger partial charge in [0, 0.05) is 25.5 Å². The van der Waals surface area contributed by atoms with E-state index in [-0.39, 0.29) is 18.6 Å². The second-order valence-corrected chi connectivity index (χ2v) is 3.64. The average molecular weight is 211 g/mol. The molecule has 0 saturated carbocycles. The van der Waals surface area contributed by atoms with E-state index in [0.29, 0.717) is 0 Å². The largest absolute Gasteiger partial charge is 0.468 e. The van der Waals surface area contributed by atoms with Crippen molar-refractivity contribution in [1.29, 1.82) is 0 Å². The third kappa shape index (κ3) is 2.71. The van der Waals surface area contributed by atoms with E-state index >= 15 is 0 Å². The molecular weight excluding hydrogens is 194 g/mol. The molecule has 84 valence electrons. The van der Waals surface area contributed by atoms with Crippen molar-refractivity contribution in [3.63, 3.8) is 0 Å². The maximum absolute atomic E-state index is 11.2. The lowest BCUT2D eigenvalue weighted by Crippen LogP contribution is -2.37. The first-order valence-electron chi connectivity index (χ1n) is 4.87. The van der Waals surface area contributed by atoms with Crippen LogP contribution in [0.5, 0.6) is 0 Å². The topological polar surface area (TPSA) is 47.4 Å². The van der Waals surface area contributed by atoms with Gasteiger partial charge in [-0.3, -0.25) is 4.79 Å². The van der Waals surface area contributed by atoms with E-state index in [1.807, 2.05) is 36.6 Å². The van der Waals surface area contributed by atoms with Crippen LogP contribution in [0, 0.1) is 0 Å². The number of aryl methyl sites for hydroxylation is 1. The minimum Gasteiger partial charge on any atom is -0.468 e. The fraction of sp³-hybridized carbons (Fsp3) is 0.600. The van der Waals surface area contributed by atoms with Gasteiger partial charge in [0.05, 0.1) is 7.11 Å². The monoisotopic (exact) mass is 211 g/mol. The number of carbonyl (C=O) groups is 1. The van der Waals surface area contributed by atoms with Crippen molar-refractivity contribution in [2.75, 3.05) is 18.6 Å². The van der Waals surface area contributed by atoms with Gasteiger partial charge in [-0.15, -0.1) is 0 Å². The van der Waals surface area contributed by atoms with Crippen LogP contribution in [0.3, 0.4) is 0 Å². The summed E-state index contributed by atoms with van der Waals surface area (Å²) in [4.78, 5) is 17.3. The molecular formula is C10H17N3O2. The Kier molecular flexibility index (Phi) is 3.71. The van der Waals surface area contributed by atoms with E-state index in [1.54, 1.807) is 6.20 Å². The first kappa shape index (κ1) is 11.6. The summed E-state index contributed by atoms with van der Waals surface area (Å²) in [6, 6.07) is 0.199. The van der Waals surface area contributed by atoms with E-state index in [0.717, 1.165) is 5.95 Å². The number of carbonyl (C=O) groups excluding carboxylic acids is 1. The van der Waals surface area contributed by atoms with Gasteiger partial charge >= 0.3 is 5.97 Å². The van der Waals surface area contributed by atoms with Crippen LogP contribution in [-0.2, 0) is 16.6 Å². The van der Waals surface area contributed by atoms with Gasteiger partial charge in [-0.1, -0.05) is 0 Å². The van der Waals surface area contributed by atoms with Gasteiger partial charge in [0.2, 0.25) is 5.95 Å². The van der Waals surface area contributed by atoms with Crippen molar-refractivity contribution in [2.24, 2.45) is 7.05 Å². The Morgan fingerprint density at radius 3 is 2.73 bits per heavy atom. The van der Waals surface area contributed by atoms with Gasteiger partial charge in [0.1, 0.15) is 6.54 Å². The Hall–Kier alpha value is -1.52. The molecule has 0 N–H and O–H groups in total. The quantitative estimate of drug-likeness (QED) is 0.691. The highest BCUT2D eigenvalue weighted by molar-refractivity contribution is 5.75. The molecule has 0 aromatic carbocycles. The molecule has 5 heteroatoms. The van der Waals surface area contributed by atoms with Crippen molar-refractivity contribution in [3.8, 4) is 0 Å². The highest BCUT2D eigenvalue weighted by Crippen LogP contribution is 2.12. The van der Waals surface area contributed by atoms with Gasteiger partial charge in [-0.25, -0.2) is 4.98 Å². The Bertz CT molecular complexity index is 333. The predicted octanol–water partition coefficient (Wildman–Crippen LogP) is 0.808. The van der Waals surface area contributed by atoms with Crippen LogP contribution in [-0.4, -0.2) is 35.2 Å². The number of rotatable bonds is 4. The van der Waals surface area contributed by atoms with Crippen molar-refractivity contribution in [2.45, 2.75) is 19.9 Å². The molecule has 0 radical (unpaired) electrons. The number of esters is 1. The fourth-order valence-electron chi connectivity index (χ4n) is 1.32. The van der Waals surface area contributed by atoms with E-state index in [9.17, 15) is 4.79 Å². The summed E-state index contributed by atoms with van der Waals surface area (Å²) in [5, 5.41) is 0. The van der Waals surface area contributed by atoms with E-state index in [4.69, 9.17) is 0 Å². The van der Waals surface area contributed by atoms with Crippen LogP contribution in [0.25, 0.3) is 0 Å². The smallest absolute Gasteiger partial charge is 0.325 e. The molecule has 0 spiro atoms. The van der Waals surface area contributed by atoms with E-state index in [2.05, 4.69) is 9.72 Å². The molecule has 0 atom stereocenters. The van der Waals surface area contributed by atoms with Crippen LogP contribution in [0.15, 0.2) is 12.4 Å². The molecule has 1 rings (SSSR count). The lowest BCUT2D eigenvalue weighted by molar-refractivity contribution is -0.139. The third-order valence-corrected chi connectivity index (χ3v) is 2.20. The number of nitrogens with zero attached hydrogens (tertiary/aromatic N) is 3. The van der Waals surface area contributed by atoms with Gasteiger partial charge in [-0.05, 0) is 13.8 Å². The molecule has 0 unspecified atom stereocenters. The number of ether oxygens (including phenoxy) is 1. The molecule has 0 amide bonds. The number of anilines is 1. The second kappa shape index (κ2) is 4.82. The summed E-state index contributed by atoms with van der Waals surface area (Å²) < 4.78 is 6.53. The Morgan fingerprint density at radius 1 is 1.67 bits per heavy atom. The summed E-state index contributed by atoms with van der Waals surface area (Å²) in [7, 11) is 3.29. The van der Waals surface area contributed by atoms with Crippen molar-refractivity contribution in [1.82, 2.24) is 9.55 Å². The average Bonchev–Trinajstić information content (AvgIpc) is 2.60. The van der Waals surface area contributed by atoms with Gasteiger partial charge < -0.3 is 14.2 Å². The van der Waals surface area contributed by atoms with Crippen LogP contribution in [0.4, 0.5) is 5.95 Å². The zero-order valence-electron chi connectivity index (χ0n) is 9.60. The predicted molar refractivity (Wildman–Crippen MR) is 57.7 cm³/mol. The molecule has 0 aliphatic carbocycles. The number of hydrogen-bond donors (Lipinski definition) is 0. The molecule has 1 aromatic heterocycles. The molecule has 0 fully saturated rings. The Labute approximate surface area is 89.7 Å². The molecule has 1 heterocycles. The SMILES string of the molecule is COC(=O)CN(c1nccn1C)C(C)C. The van der Waals surface area contributed by atoms with Crippen molar-refractivity contribution in [3.05, 3.63) is 12.4 Å². The number of aromatic nitrogens is 2. The second-order valence-electron chi connectivity index (χ2n) is 3.64. The van der Waals surface area contributed by atoms with Crippen molar-refractivity contribution >= 4 is 11.9 Å². The molecule has 5 nitrogen and oxygen atoms in total. The van der Waals surface area contributed by atoms with Crippen LogP contribution in [0.1, 0.15) is 13.8 Å². The van der Waals surface area contributed by atoms with Crippen LogP contribution < -0.4 is 4.90 Å². The lowest BCUT2D eigenvalue weighted by atomic mass is 10.3. The number of methoxy groups -OCH3 is 1. The molecule has 0 aliphatic rings. The normalized spacial score (nSPS) is 10.5. The van der Waals surface area contributed by atoms with Crippen LogP contribution >= 0.6 is 0 Å². The summed E-state index contributed by atoms with van der Waals surface area (Å²) in [6.45, 7) is 4.24. The van der Waals surface area contributed by atoms with Gasteiger partial charge in [0.15, 0.2) is 0 Å². The lowest BCUT2D eigenvalue weighted by Gasteiger charge is -2.26. The Morgan fingerprint density at radius 2 is 2.33 bits per heavy atom. The number of imidazole rings is 1. The standard InChI is InChI=1S/C10H17N3O2/c1-8(2)13(7-9(14)15-4)10-11-5-6-12(10)3/h5-6,8H,7H2,1-4H3. The van der Waals surface area contributed by atoms with Crippen molar-refractivity contribution < 1.29 is 9.53 Å². The first-order valence-corrected chi connectivity index (χ1v) is 4.87. The highest BCUT2D eigenvalue weighted by atomic mass is 16.5.